The Labute approximate surface area is 115 Å². The number of anilines is 1. The van der Waals surface area contributed by atoms with Gasteiger partial charge < -0.3 is 10.0 Å². The van der Waals surface area contributed by atoms with Crippen LogP contribution in [0.2, 0.25) is 0 Å². The predicted molar refractivity (Wildman–Crippen MR) is 77.0 cm³/mol. The molecule has 2 heterocycles. The van der Waals surface area contributed by atoms with Crippen molar-refractivity contribution >= 4 is 33.3 Å². The minimum atomic E-state index is -0.832. The molecule has 0 radical (unpaired) electrons. The van der Waals surface area contributed by atoms with Gasteiger partial charge in [-0.05, 0) is 25.8 Å². The number of hydrogen-bond donors (Lipinski definition) is 1. The molecule has 0 bridgehead atoms. The fourth-order valence-corrected chi connectivity index (χ4v) is 3.18. The first-order valence-corrected chi connectivity index (χ1v) is 6.95. The van der Waals surface area contributed by atoms with Crippen LogP contribution in [0.4, 0.5) is 5.82 Å². The normalized spacial score (nSPS) is 12.6. The Balaban J connectivity index is 2.59. The number of carboxylic acid groups (broad SMARTS) is 1. The van der Waals surface area contributed by atoms with Gasteiger partial charge in [0.1, 0.15) is 23.0 Å². The van der Waals surface area contributed by atoms with Crippen LogP contribution in [0.25, 0.3) is 10.2 Å². The fraction of sp³-hybridized carbons (Fsp3) is 0.462. The number of rotatable bonds is 4. The zero-order chi connectivity index (χ0) is 14.2. The molecular weight excluding hydrogens is 262 g/mol. The van der Waals surface area contributed by atoms with Gasteiger partial charge in [0, 0.05) is 11.9 Å². The second-order valence-corrected chi connectivity index (χ2v) is 5.74. The number of fused-ring (bicyclic) bond motifs is 1. The third-order valence-electron chi connectivity index (χ3n) is 3.42. The van der Waals surface area contributed by atoms with Crippen LogP contribution in [-0.2, 0) is 4.79 Å². The molecule has 6 heteroatoms. The zero-order valence-electron chi connectivity index (χ0n) is 11.5. The molecule has 1 unspecified atom stereocenters. The van der Waals surface area contributed by atoms with Crippen LogP contribution in [0.1, 0.15) is 23.8 Å². The molecule has 0 aromatic carbocycles. The quantitative estimate of drug-likeness (QED) is 0.932. The van der Waals surface area contributed by atoms with E-state index in [1.807, 2.05) is 20.8 Å². The van der Waals surface area contributed by atoms with Gasteiger partial charge in [-0.1, -0.05) is 6.92 Å². The summed E-state index contributed by atoms with van der Waals surface area (Å²) in [6, 6.07) is -0.572. The van der Waals surface area contributed by atoms with E-state index in [4.69, 9.17) is 0 Å². The predicted octanol–water partition coefficient (Wildman–Crippen LogP) is 2.61. The lowest BCUT2D eigenvalue weighted by Crippen LogP contribution is -2.38. The van der Waals surface area contributed by atoms with Crippen molar-refractivity contribution in [3.05, 3.63) is 16.8 Å². The molecule has 2 rings (SSSR count). The molecule has 102 valence electrons. The first kappa shape index (κ1) is 13.7. The van der Waals surface area contributed by atoms with E-state index in [9.17, 15) is 9.90 Å². The summed E-state index contributed by atoms with van der Waals surface area (Å²) in [4.78, 5) is 23.7. The van der Waals surface area contributed by atoms with Crippen molar-refractivity contribution in [1.82, 2.24) is 9.97 Å². The lowest BCUT2D eigenvalue weighted by molar-refractivity contribution is -0.138. The maximum atomic E-state index is 11.3. The first-order valence-electron chi connectivity index (χ1n) is 6.13. The van der Waals surface area contributed by atoms with E-state index in [-0.39, 0.29) is 0 Å². The van der Waals surface area contributed by atoms with Gasteiger partial charge in [0.25, 0.3) is 0 Å². The van der Waals surface area contributed by atoms with Gasteiger partial charge in [0.05, 0.1) is 5.39 Å². The Bertz CT molecular complexity index is 624. The SMILES string of the molecule is CCC(C(=O)O)N(C)c1ncnc2sc(C)c(C)c12. The average Bonchev–Trinajstić information content (AvgIpc) is 2.65. The zero-order valence-corrected chi connectivity index (χ0v) is 12.3. The third kappa shape index (κ3) is 2.28. The van der Waals surface area contributed by atoms with Crippen molar-refractivity contribution < 1.29 is 9.90 Å². The van der Waals surface area contributed by atoms with Gasteiger partial charge in [-0.15, -0.1) is 11.3 Å². The average molecular weight is 279 g/mol. The van der Waals surface area contributed by atoms with Gasteiger partial charge in [0.2, 0.25) is 0 Å². The highest BCUT2D eigenvalue weighted by Gasteiger charge is 2.24. The van der Waals surface area contributed by atoms with Crippen LogP contribution in [0, 0.1) is 13.8 Å². The lowest BCUT2D eigenvalue weighted by Gasteiger charge is -2.25. The van der Waals surface area contributed by atoms with Crippen molar-refractivity contribution in [2.75, 3.05) is 11.9 Å². The van der Waals surface area contributed by atoms with Gasteiger partial charge >= 0.3 is 5.97 Å². The number of thiophene rings is 1. The van der Waals surface area contributed by atoms with Gasteiger partial charge in [-0.3, -0.25) is 0 Å². The molecule has 0 aliphatic rings. The number of aryl methyl sites for hydroxylation is 2. The number of aliphatic carboxylic acids is 1. The second kappa shape index (κ2) is 5.13. The van der Waals surface area contributed by atoms with E-state index in [0.717, 1.165) is 15.8 Å². The van der Waals surface area contributed by atoms with E-state index >= 15 is 0 Å². The van der Waals surface area contributed by atoms with Crippen LogP contribution in [0.3, 0.4) is 0 Å². The molecule has 2 aromatic rings. The van der Waals surface area contributed by atoms with E-state index in [0.29, 0.717) is 12.2 Å². The van der Waals surface area contributed by atoms with Crippen LogP contribution < -0.4 is 4.90 Å². The monoisotopic (exact) mass is 279 g/mol. The fourth-order valence-electron chi connectivity index (χ4n) is 2.19. The smallest absolute Gasteiger partial charge is 0.326 e. The number of likely N-dealkylation sites (N-methyl/N-ethyl adjacent to an activating group) is 1. The number of carbonyl (C=O) groups is 1. The summed E-state index contributed by atoms with van der Waals surface area (Å²) >= 11 is 1.61. The summed E-state index contributed by atoms with van der Waals surface area (Å²) < 4.78 is 0. The molecule has 0 spiro atoms. The molecule has 1 atom stereocenters. The minimum absolute atomic E-state index is 0.527. The van der Waals surface area contributed by atoms with Crippen LogP contribution in [0.5, 0.6) is 0 Å². The maximum Gasteiger partial charge on any atom is 0.326 e. The molecule has 0 saturated carbocycles. The Morgan fingerprint density at radius 2 is 2.16 bits per heavy atom. The van der Waals surface area contributed by atoms with Crippen molar-refractivity contribution in [2.45, 2.75) is 33.2 Å². The highest BCUT2D eigenvalue weighted by molar-refractivity contribution is 7.18. The second-order valence-electron chi connectivity index (χ2n) is 4.53. The molecule has 2 aromatic heterocycles. The molecule has 0 fully saturated rings. The number of nitrogens with zero attached hydrogens (tertiary/aromatic N) is 3. The lowest BCUT2D eigenvalue weighted by atomic mass is 10.1. The number of carboxylic acids is 1. The topological polar surface area (TPSA) is 66.3 Å². The maximum absolute atomic E-state index is 11.3. The summed E-state index contributed by atoms with van der Waals surface area (Å²) in [6.07, 6.45) is 2.03. The van der Waals surface area contributed by atoms with Crippen molar-refractivity contribution in [3.8, 4) is 0 Å². The van der Waals surface area contributed by atoms with E-state index < -0.39 is 12.0 Å². The summed E-state index contributed by atoms with van der Waals surface area (Å²) in [5.41, 5.74) is 1.13. The Morgan fingerprint density at radius 1 is 1.47 bits per heavy atom. The van der Waals surface area contributed by atoms with Crippen LogP contribution in [0.15, 0.2) is 6.33 Å². The third-order valence-corrected chi connectivity index (χ3v) is 4.53. The number of hydrogen-bond acceptors (Lipinski definition) is 5. The number of aromatic nitrogens is 2. The summed E-state index contributed by atoms with van der Waals surface area (Å²) in [6.45, 7) is 5.93. The molecule has 0 aliphatic carbocycles. The largest absolute Gasteiger partial charge is 0.480 e. The molecule has 19 heavy (non-hydrogen) atoms. The van der Waals surface area contributed by atoms with Gasteiger partial charge in [-0.2, -0.15) is 0 Å². The van der Waals surface area contributed by atoms with Gasteiger partial charge in [-0.25, -0.2) is 14.8 Å². The summed E-state index contributed by atoms with van der Waals surface area (Å²) in [5, 5.41) is 10.2. The molecular formula is C13H17N3O2S. The Kier molecular flexibility index (Phi) is 3.71. The van der Waals surface area contributed by atoms with Crippen LogP contribution >= 0.6 is 11.3 Å². The van der Waals surface area contributed by atoms with Crippen molar-refractivity contribution in [2.24, 2.45) is 0 Å². The highest BCUT2D eigenvalue weighted by atomic mass is 32.1. The van der Waals surface area contributed by atoms with Crippen LogP contribution in [-0.4, -0.2) is 34.1 Å². The summed E-state index contributed by atoms with van der Waals surface area (Å²) in [5.74, 6) is -0.137. The van der Waals surface area contributed by atoms with Crippen molar-refractivity contribution in [3.63, 3.8) is 0 Å². The molecule has 0 amide bonds. The Morgan fingerprint density at radius 3 is 2.74 bits per heavy atom. The minimum Gasteiger partial charge on any atom is -0.480 e. The van der Waals surface area contributed by atoms with E-state index in [1.165, 1.54) is 11.2 Å². The molecule has 0 aliphatic heterocycles. The molecule has 5 nitrogen and oxygen atoms in total. The van der Waals surface area contributed by atoms with E-state index in [2.05, 4.69) is 9.97 Å². The summed E-state index contributed by atoms with van der Waals surface area (Å²) in [7, 11) is 1.77. The molecule has 1 N–H and O–H groups in total. The first-order chi connectivity index (χ1) is 8.97. The Hall–Kier alpha value is -1.69. The highest BCUT2D eigenvalue weighted by Crippen LogP contribution is 2.34. The van der Waals surface area contributed by atoms with Gasteiger partial charge in [0.15, 0.2) is 0 Å². The molecule has 0 saturated heterocycles. The van der Waals surface area contributed by atoms with Crippen molar-refractivity contribution in [1.29, 1.82) is 0 Å². The standard InChI is InChI=1S/C13H17N3O2S/c1-5-9(13(17)18)16(4)11-10-7(2)8(3)19-12(10)15-6-14-11/h6,9H,5H2,1-4H3,(H,17,18). The van der Waals surface area contributed by atoms with E-state index in [1.54, 1.807) is 23.3 Å².